The molecule has 0 unspecified atom stereocenters. The summed E-state index contributed by atoms with van der Waals surface area (Å²) in [6.45, 7) is 7.63. The molecule has 1 aliphatic carbocycles. The normalized spacial score (nSPS) is 16.7. The SMILES string of the molecule is CC(C)CCN(c1ccc([C@H](C)N)cc1Cl)C1CC1. The number of nitrogens with two attached hydrogens (primary N) is 1. The smallest absolute Gasteiger partial charge is 0.0642 e. The van der Waals surface area contributed by atoms with Crippen LogP contribution in [-0.4, -0.2) is 12.6 Å². The maximum absolute atomic E-state index is 6.46. The van der Waals surface area contributed by atoms with Crippen molar-refractivity contribution >= 4 is 17.3 Å². The molecule has 0 bridgehead atoms. The largest absolute Gasteiger partial charge is 0.367 e. The molecule has 0 spiro atoms. The summed E-state index contributed by atoms with van der Waals surface area (Å²) in [7, 11) is 0. The zero-order valence-electron chi connectivity index (χ0n) is 12.2. The maximum Gasteiger partial charge on any atom is 0.0642 e. The molecule has 1 aromatic carbocycles. The first-order chi connectivity index (χ1) is 8.99. The number of rotatable bonds is 6. The zero-order valence-corrected chi connectivity index (χ0v) is 13.0. The first-order valence-corrected chi connectivity index (χ1v) is 7.68. The van der Waals surface area contributed by atoms with Crippen molar-refractivity contribution in [1.29, 1.82) is 0 Å². The second-order valence-electron chi connectivity index (χ2n) is 6.11. The van der Waals surface area contributed by atoms with E-state index in [1.54, 1.807) is 0 Å². The summed E-state index contributed by atoms with van der Waals surface area (Å²) in [4.78, 5) is 2.48. The van der Waals surface area contributed by atoms with Crippen LogP contribution in [0.3, 0.4) is 0 Å². The van der Waals surface area contributed by atoms with Crippen LogP contribution in [0, 0.1) is 5.92 Å². The van der Waals surface area contributed by atoms with Gasteiger partial charge in [0.2, 0.25) is 0 Å². The molecule has 3 heteroatoms. The van der Waals surface area contributed by atoms with Crippen LogP contribution in [-0.2, 0) is 0 Å². The lowest BCUT2D eigenvalue weighted by atomic mass is 10.1. The molecule has 0 saturated heterocycles. The molecule has 1 aromatic rings. The number of nitrogens with zero attached hydrogens (tertiary/aromatic N) is 1. The van der Waals surface area contributed by atoms with Crippen LogP contribution in [0.5, 0.6) is 0 Å². The number of anilines is 1. The van der Waals surface area contributed by atoms with E-state index in [4.69, 9.17) is 17.3 Å². The zero-order chi connectivity index (χ0) is 14.0. The van der Waals surface area contributed by atoms with E-state index in [9.17, 15) is 0 Å². The van der Waals surface area contributed by atoms with Crippen LogP contribution in [0.15, 0.2) is 18.2 Å². The van der Waals surface area contributed by atoms with Gasteiger partial charge in [-0.2, -0.15) is 0 Å². The Bertz CT molecular complexity index is 425. The lowest BCUT2D eigenvalue weighted by molar-refractivity contribution is 0.571. The Hall–Kier alpha value is -0.730. The third-order valence-electron chi connectivity index (χ3n) is 3.74. The minimum atomic E-state index is 0.0385. The standard InChI is InChI=1S/C16H25ClN2/c1-11(2)8-9-19(14-5-6-14)16-7-4-13(12(3)18)10-15(16)17/h4,7,10-12,14H,5-6,8-9,18H2,1-3H3/t12-/m0/s1. The summed E-state index contributed by atoms with van der Waals surface area (Å²) < 4.78 is 0. The van der Waals surface area contributed by atoms with Crippen LogP contribution >= 0.6 is 11.6 Å². The summed E-state index contributed by atoms with van der Waals surface area (Å²) in [6, 6.07) is 7.00. The molecule has 0 amide bonds. The lowest BCUT2D eigenvalue weighted by Crippen LogP contribution is -2.28. The van der Waals surface area contributed by atoms with E-state index in [2.05, 4.69) is 30.9 Å². The molecule has 2 rings (SSSR count). The van der Waals surface area contributed by atoms with Gasteiger partial charge in [-0.25, -0.2) is 0 Å². The van der Waals surface area contributed by atoms with Gasteiger partial charge in [0.05, 0.1) is 10.7 Å². The first kappa shape index (κ1) is 14.7. The molecule has 0 radical (unpaired) electrons. The lowest BCUT2D eigenvalue weighted by Gasteiger charge is -2.27. The van der Waals surface area contributed by atoms with Gasteiger partial charge in [-0.3, -0.25) is 0 Å². The van der Waals surface area contributed by atoms with Crippen molar-refractivity contribution in [2.45, 2.75) is 52.1 Å². The molecule has 1 aliphatic rings. The van der Waals surface area contributed by atoms with Crippen molar-refractivity contribution in [2.24, 2.45) is 11.7 Å². The molecule has 1 saturated carbocycles. The van der Waals surface area contributed by atoms with E-state index in [1.807, 2.05) is 13.0 Å². The highest BCUT2D eigenvalue weighted by atomic mass is 35.5. The molecular weight excluding hydrogens is 256 g/mol. The second-order valence-corrected chi connectivity index (χ2v) is 6.51. The van der Waals surface area contributed by atoms with Crippen LogP contribution in [0.4, 0.5) is 5.69 Å². The number of benzene rings is 1. The molecule has 0 aromatic heterocycles. The van der Waals surface area contributed by atoms with E-state index in [0.717, 1.165) is 23.0 Å². The van der Waals surface area contributed by atoms with E-state index >= 15 is 0 Å². The Morgan fingerprint density at radius 3 is 2.47 bits per heavy atom. The van der Waals surface area contributed by atoms with Gasteiger partial charge in [0.15, 0.2) is 0 Å². The Labute approximate surface area is 121 Å². The third-order valence-corrected chi connectivity index (χ3v) is 4.04. The molecular formula is C16H25ClN2. The van der Waals surface area contributed by atoms with E-state index in [1.165, 1.54) is 24.9 Å². The monoisotopic (exact) mass is 280 g/mol. The molecule has 2 N–H and O–H groups in total. The van der Waals surface area contributed by atoms with Crippen LogP contribution < -0.4 is 10.6 Å². The molecule has 1 atom stereocenters. The number of halogens is 1. The summed E-state index contributed by atoms with van der Waals surface area (Å²) in [5.41, 5.74) is 8.19. The van der Waals surface area contributed by atoms with Crippen molar-refractivity contribution < 1.29 is 0 Å². The van der Waals surface area contributed by atoms with Crippen LogP contribution in [0.1, 0.15) is 51.6 Å². The van der Waals surface area contributed by atoms with E-state index in [-0.39, 0.29) is 6.04 Å². The summed E-state index contributed by atoms with van der Waals surface area (Å²) >= 11 is 6.46. The summed E-state index contributed by atoms with van der Waals surface area (Å²) in [6.07, 6.45) is 3.80. The molecule has 19 heavy (non-hydrogen) atoms. The van der Waals surface area contributed by atoms with Crippen molar-refractivity contribution in [3.63, 3.8) is 0 Å². The Morgan fingerprint density at radius 1 is 1.32 bits per heavy atom. The predicted molar refractivity (Wildman–Crippen MR) is 83.9 cm³/mol. The fourth-order valence-electron chi connectivity index (χ4n) is 2.32. The Morgan fingerprint density at radius 2 is 2.00 bits per heavy atom. The summed E-state index contributed by atoms with van der Waals surface area (Å²) in [5.74, 6) is 0.725. The fraction of sp³-hybridized carbons (Fsp3) is 0.625. The van der Waals surface area contributed by atoms with Crippen molar-refractivity contribution in [2.75, 3.05) is 11.4 Å². The highest BCUT2D eigenvalue weighted by Gasteiger charge is 2.30. The minimum absolute atomic E-state index is 0.0385. The highest BCUT2D eigenvalue weighted by Crippen LogP contribution is 2.37. The number of hydrogen-bond acceptors (Lipinski definition) is 2. The van der Waals surface area contributed by atoms with Gasteiger partial charge in [-0.15, -0.1) is 0 Å². The average molecular weight is 281 g/mol. The van der Waals surface area contributed by atoms with Gasteiger partial charge in [0, 0.05) is 18.6 Å². The van der Waals surface area contributed by atoms with Crippen molar-refractivity contribution in [3.05, 3.63) is 28.8 Å². The first-order valence-electron chi connectivity index (χ1n) is 7.30. The second kappa shape index (κ2) is 6.15. The van der Waals surface area contributed by atoms with Crippen LogP contribution in [0.25, 0.3) is 0 Å². The summed E-state index contributed by atoms with van der Waals surface area (Å²) in [5, 5.41) is 0.838. The number of hydrogen-bond donors (Lipinski definition) is 1. The van der Waals surface area contributed by atoms with Crippen LogP contribution in [0.2, 0.25) is 5.02 Å². The van der Waals surface area contributed by atoms with E-state index in [0.29, 0.717) is 6.04 Å². The highest BCUT2D eigenvalue weighted by molar-refractivity contribution is 6.33. The van der Waals surface area contributed by atoms with Gasteiger partial charge in [-0.05, 0) is 49.8 Å². The van der Waals surface area contributed by atoms with Gasteiger partial charge in [0.25, 0.3) is 0 Å². The average Bonchev–Trinajstić information content (AvgIpc) is 3.14. The fourth-order valence-corrected chi connectivity index (χ4v) is 2.62. The van der Waals surface area contributed by atoms with Crippen molar-refractivity contribution in [1.82, 2.24) is 0 Å². The molecule has 2 nitrogen and oxygen atoms in total. The molecule has 0 aliphatic heterocycles. The maximum atomic E-state index is 6.46. The quantitative estimate of drug-likeness (QED) is 0.838. The molecule has 0 heterocycles. The van der Waals surface area contributed by atoms with Gasteiger partial charge >= 0.3 is 0 Å². The van der Waals surface area contributed by atoms with Gasteiger partial charge in [0.1, 0.15) is 0 Å². The van der Waals surface area contributed by atoms with Gasteiger partial charge in [-0.1, -0.05) is 31.5 Å². The topological polar surface area (TPSA) is 29.3 Å². The third kappa shape index (κ3) is 3.87. The minimum Gasteiger partial charge on any atom is -0.367 e. The Kier molecular flexibility index (Phi) is 4.75. The molecule has 106 valence electrons. The Balaban J connectivity index is 2.17. The van der Waals surface area contributed by atoms with E-state index < -0.39 is 0 Å². The predicted octanol–water partition coefficient (Wildman–Crippen LogP) is 4.37. The van der Waals surface area contributed by atoms with Crippen molar-refractivity contribution in [3.8, 4) is 0 Å². The molecule has 1 fully saturated rings. The van der Waals surface area contributed by atoms with Gasteiger partial charge < -0.3 is 10.6 Å².